The van der Waals surface area contributed by atoms with E-state index in [9.17, 15) is 4.79 Å². The average Bonchev–Trinajstić information content (AvgIpc) is 2.57. The number of benzene rings is 1. The molecule has 16 heavy (non-hydrogen) atoms. The fraction of sp³-hybridized carbons (Fsp3) is 0.364. The minimum Gasteiger partial charge on any atom is -0.383 e. The van der Waals surface area contributed by atoms with Crippen molar-refractivity contribution in [2.75, 3.05) is 19.0 Å². The van der Waals surface area contributed by atoms with Crippen molar-refractivity contribution in [3.05, 3.63) is 28.7 Å². The molecule has 0 radical (unpaired) electrons. The number of H-pyrrole nitrogens is 2. The summed E-state index contributed by atoms with van der Waals surface area (Å²) in [7, 11) is 1.67. The van der Waals surface area contributed by atoms with Crippen LogP contribution in [0.2, 0.25) is 0 Å². The zero-order valence-corrected chi connectivity index (χ0v) is 9.33. The molecule has 0 aliphatic carbocycles. The molecule has 0 spiro atoms. The van der Waals surface area contributed by atoms with E-state index in [1.807, 2.05) is 25.1 Å². The topological polar surface area (TPSA) is 69.9 Å². The lowest BCUT2D eigenvalue weighted by molar-refractivity contribution is 0.190. The summed E-state index contributed by atoms with van der Waals surface area (Å²) in [6.45, 7) is 2.68. The predicted molar refractivity (Wildman–Crippen MR) is 63.9 cm³/mol. The molecule has 0 saturated carbocycles. The third kappa shape index (κ3) is 2.25. The monoisotopic (exact) mass is 221 g/mol. The van der Waals surface area contributed by atoms with Crippen LogP contribution in [0.3, 0.4) is 0 Å². The highest BCUT2D eigenvalue weighted by molar-refractivity contribution is 5.78. The Kier molecular flexibility index (Phi) is 2.96. The summed E-state index contributed by atoms with van der Waals surface area (Å²) in [4.78, 5) is 16.5. The van der Waals surface area contributed by atoms with Crippen LogP contribution in [0.25, 0.3) is 11.0 Å². The van der Waals surface area contributed by atoms with E-state index in [1.54, 1.807) is 7.11 Å². The van der Waals surface area contributed by atoms with Gasteiger partial charge in [0.2, 0.25) is 0 Å². The van der Waals surface area contributed by atoms with Gasteiger partial charge < -0.3 is 20.0 Å². The number of methoxy groups -OCH3 is 1. The van der Waals surface area contributed by atoms with Gasteiger partial charge in [-0.2, -0.15) is 0 Å². The van der Waals surface area contributed by atoms with Crippen LogP contribution in [0.1, 0.15) is 6.92 Å². The van der Waals surface area contributed by atoms with Gasteiger partial charge in [0.05, 0.1) is 17.6 Å². The highest BCUT2D eigenvalue weighted by Gasteiger charge is 2.03. The van der Waals surface area contributed by atoms with Crippen LogP contribution in [0.4, 0.5) is 5.69 Å². The number of fused-ring (bicyclic) bond motifs is 1. The van der Waals surface area contributed by atoms with Crippen molar-refractivity contribution >= 4 is 16.7 Å². The number of hydrogen-bond acceptors (Lipinski definition) is 3. The SMILES string of the molecule is COCC(C)Nc1ccc2[nH]c(=O)[nH]c2c1. The first-order chi connectivity index (χ1) is 7.69. The Hall–Kier alpha value is -1.75. The van der Waals surface area contributed by atoms with E-state index in [0.717, 1.165) is 16.7 Å². The van der Waals surface area contributed by atoms with E-state index in [1.165, 1.54) is 0 Å². The summed E-state index contributed by atoms with van der Waals surface area (Å²) in [6, 6.07) is 5.93. The summed E-state index contributed by atoms with van der Waals surface area (Å²) in [5, 5.41) is 3.28. The smallest absolute Gasteiger partial charge is 0.323 e. The quantitative estimate of drug-likeness (QED) is 0.729. The van der Waals surface area contributed by atoms with Gasteiger partial charge in [-0.25, -0.2) is 4.79 Å². The molecule has 1 atom stereocenters. The van der Waals surface area contributed by atoms with Gasteiger partial charge in [0.1, 0.15) is 0 Å². The predicted octanol–water partition coefficient (Wildman–Crippen LogP) is 1.30. The number of ether oxygens (including phenoxy) is 1. The number of nitrogens with one attached hydrogen (secondary N) is 3. The zero-order valence-electron chi connectivity index (χ0n) is 9.33. The summed E-state index contributed by atoms with van der Waals surface area (Å²) in [5.74, 6) is 0. The van der Waals surface area contributed by atoms with Gasteiger partial charge in [-0.3, -0.25) is 0 Å². The molecule has 0 bridgehead atoms. The Morgan fingerprint density at radius 2 is 2.12 bits per heavy atom. The molecule has 86 valence electrons. The van der Waals surface area contributed by atoms with Crippen LogP contribution in [0.5, 0.6) is 0 Å². The molecule has 2 aromatic rings. The molecule has 0 fully saturated rings. The second-order valence-corrected chi connectivity index (χ2v) is 3.84. The van der Waals surface area contributed by atoms with Gasteiger partial charge in [-0.1, -0.05) is 0 Å². The van der Waals surface area contributed by atoms with Crippen molar-refractivity contribution in [1.29, 1.82) is 0 Å². The molecular weight excluding hydrogens is 206 g/mol. The van der Waals surface area contributed by atoms with Crippen LogP contribution in [0.15, 0.2) is 23.0 Å². The Balaban J connectivity index is 2.22. The maximum absolute atomic E-state index is 11.1. The van der Waals surface area contributed by atoms with Gasteiger partial charge in [0.25, 0.3) is 0 Å². The second-order valence-electron chi connectivity index (χ2n) is 3.84. The number of rotatable bonds is 4. The maximum atomic E-state index is 11.1. The molecule has 0 aliphatic heterocycles. The lowest BCUT2D eigenvalue weighted by Crippen LogP contribution is -2.20. The van der Waals surface area contributed by atoms with Crippen molar-refractivity contribution in [1.82, 2.24) is 9.97 Å². The molecule has 3 N–H and O–H groups in total. The molecule has 0 aliphatic rings. The molecular formula is C11H15N3O2. The number of anilines is 1. The van der Waals surface area contributed by atoms with Gasteiger partial charge in [-0.05, 0) is 25.1 Å². The van der Waals surface area contributed by atoms with Gasteiger partial charge in [0, 0.05) is 18.8 Å². The molecule has 5 nitrogen and oxygen atoms in total. The minimum absolute atomic E-state index is 0.183. The van der Waals surface area contributed by atoms with E-state index in [-0.39, 0.29) is 11.7 Å². The fourth-order valence-electron chi connectivity index (χ4n) is 1.70. The first kappa shape index (κ1) is 10.8. The van der Waals surface area contributed by atoms with E-state index in [0.29, 0.717) is 6.61 Å². The second kappa shape index (κ2) is 4.40. The molecule has 1 aromatic carbocycles. The highest BCUT2D eigenvalue weighted by Crippen LogP contribution is 2.15. The highest BCUT2D eigenvalue weighted by atomic mass is 16.5. The number of aromatic amines is 2. The van der Waals surface area contributed by atoms with Crippen LogP contribution in [-0.4, -0.2) is 29.7 Å². The largest absolute Gasteiger partial charge is 0.383 e. The summed E-state index contributed by atoms with van der Waals surface area (Å²) < 4.78 is 5.04. The zero-order chi connectivity index (χ0) is 11.5. The van der Waals surface area contributed by atoms with Crippen molar-refractivity contribution < 1.29 is 4.74 Å². The molecule has 1 unspecified atom stereocenters. The number of hydrogen-bond donors (Lipinski definition) is 3. The van der Waals surface area contributed by atoms with Gasteiger partial charge in [0.15, 0.2) is 0 Å². The molecule has 2 rings (SSSR count). The fourth-order valence-corrected chi connectivity index (χ4v) is 1.70. The van der Waals surface area contributed by atoms with Crippen LogP contribution in [-0.2, 0) is 4.74 Å². The van der Waals surface area contributed by atoms with Gasteiger partial charge in [-0.15, -0.1) is 0 Å². The average molecular weight is 221 g/mol. The lowest BCUT2D eigenvalue weighted by atomic mass is 10.2. The standard InChI is InChI=1S/C11H15N3O2/c1-7(6-16-2)12-8-3-4-9-10(5-8)14-11(15)13-9/h3-5,7,12H,6H2,1-2H3,(H2,13,14,15). The van der Waals surface area contributed by atoms with Crippen molar-refractivity contribution in [3.8, 4) is 0 Å². The van der Waals surface area contributed by atoms with Crippen molar-refractivity contribution in [3.63, 3.8) is 0 Å². The Labute approximate surface area is 92.8 Å². The molecule has 0 saturated heterocycles. The van der Waals surface area contributed by atoms with Crippen LogP contribution < -0.4 is 11.0 Å². The van der Waals surface area contributed by atoms with Crippen LogP contribution >= 0.6 is 0 Å². The maximum Gasteiger partial charge on any atom is 0.323 e. The third-order valence-corrected chi connectivity index (χ3v) is 2.35. The van der Waals surface area contributed by atoms with E-state index < -0.39 is 0 Å². The van der Waals surface area contributed by atoms with Crippen molar-refractivity contribution in [2.45, 2.75) is 13.0 Å². The molecule has 0 amide bonds. The lowest BCUT2D eigenvalue weighted by Gasteiger charge is -2.13. The first-order valence-electron chi connectivity index (χ1n) is 5.16. The molecule has 5 heteroatoms. The molecule has 1 aromatic heterocycles. The summed E-state index contributed by atoms with van der Waals surface area (Å²) in [5.41, 5.74) is 2.40. The Morgan fingerprint density at radius 1 is 1.38 bits per heavy atom. The van der Waals surface area contributed by atoms with E-state index >= 15 is 0 Å². The van der Waals surface area contributed by atoms with E-state index in [4.69, 9.17) is 4.74 Å². The summed E-state index contributed by atoms with van der Waals surface area (Å²) >= 11 is 0. The number of aromatic nitrogens is 2. The summed E-state index contributed by atoms with van der Waals surface area (Å²) in [6.07, 6.45) is 0. The minimum atomic E-state index is -0.183. The number of imidazole rings is 1. The molecule has 1 heterocycles. The van der Waals surface area contributed by atoms with Gasteiger partial charge >= 0.3 is 5.69 Å². The Morgan fingerprint density at radius 3 is 2.88 bits per heavy atom. The van der Waals surface area contributed by atoms with Crippen molar-refractivity contribution in [2.24, 2.45) is 0 Å². The van der Waals surface area contributed by atoms with Crippen LogP contribution in [0, 0.1) is 0 Å². The normalized spacial score (nSPS) is 12.9. The third-order valence-electron chi connectivity index (χ3n) is 2.35. The Bertz CT molecular complexity index is 529. The van der Waals surface area contributed by atoms with E-state index in [2.05, 4.69) is 15.3 Å². The first-order valence-corrected chi connectivity index (χ1v) is 5.16.